The van der Waals surface area contributed by atoms with E-state index in [1.54, 1.807) is 0 Å². The molecule has 0 amide bonds. The quantitative estimate of drug-likeness (QED) is 0.144. The Labute approximate surface area is 248 Å². The minimum Gasteiger partial charge on any atom is -0.121 e. The van der Waals surface area contributed by atoms with E-state index < -0.39 is 0 Å². The van der Waals surface area contributed by atoms with Gasteiger partial charge in [0.1, 0.15) is 0 Å². The number of thioether (sulfide) groups is 2. The molecule has 0 aromatic heterocycles. The Morgan fingerprint density at radius 1 is 0.500 bits per heavy atom. The van der Waals surface area contributed by atoms with Crippen molar-refractivity contribution in [3.8, 4) is 11.1 Å². The molecule has 198 valence electrons. The van der Waals surface area contributed by atoms with E-state index in [0.29, 0.717) is 0 Å². The lowest BCUT2D eigenvalue weighted by Gasteiger charge is -2.19. The lowest BCUT2D eigenvalue weighted by Crippen LogP contribution is -2.51. The van der Waals surface area contributed by atoms with Gasteiger partial charge >= 0.3 is 0 Å². The Morgan fingerprint density at radius 2 is 0.925 bits per heavy atom. The molecule has 0 spiro atoms. The molecule has 3 heteroatoms. The van der Waals surface area contributed by atoms with E-state index in [2.05, 4.69) is 132 Å². The number of fused-ring (bicyclic) bond motifs is 3. The van der Waals surface area contributed by atoms with Crippen LogP contribution in [0.5, 0.6) is 0 Å². The molecule has 1 heterocycles. The zero-order valence-corrected chi connectivity index (χ0v) is 25.7. The SMILES string of the molecule is Cc1cc(C)c(B2c3cc(C)c(SCc4ccccc4)cc3-c3cc(SCc4ccccc4)c(C)cc32)c(C)c1. The maximum absolute atomic E-state index is 2.48. The molecule has 5 aromatic rings. The topological polar surface area (TPSA) is 0 Å². The lowest BCUT2D eigenvalue weighted by molar-refractivity contribution is 1.29. The van der Waals surface area contributed by atoms with Gasteiger partial charge in [-0.1, -0.05) is 118 Å². The van der Waals surface area contributed by atoms with Gasteiger partial charge in [-0.2, -0.15) is 0 Å². The van der Waals surface area contributed by atoms with E-state index in [4.69, 9.17) is 0 Å². The molecule has 0 saturated carbocycles. The summed E-state index contributed by atoms with van der Waals surface area (Å²) >= 11 is 3.91. The maximum Gasteiger partial charge on any atom is 0.243 e. The summed E-state index contributed by atoms with van der Waals surface area (Å²) in [5.41, 5.74) is 16.8. The number of hydrogen-bond acceptors (Lipinski definition) is 2. The third-order valence-corrected chi connectivity index (χ3v) is 10.6. The molecule has 0 atom stereocenters. The van der Waals surface area contributed by atoms with Crippen LogP contribution in [0.1, 0.15) is 38.9 Å². The van der Waals surface area contributed by atoms with Crippen molar-refractivity contribution >= 4 is 46.6 Å². The number of rotatable bonds is 7. The average molecular weight is 555 g/mol. The minimum absolute atomic E-state index is 0.268. The van der Waals surface area contributed by atoms with Crippen LogP contribution in [0.2, 0.25) is 0 Å². The van der Waals surface area contributed by atoms with Gasteiger partial charge in [0.05, 0.1) is 0 Å². The Kier molecular flexibility index (Phi) is 7.70. The van der Waals surface area contributed by atoms with Crippen molar-refractivity contribution in [1.29, 1.82) is 0 Å². The summed E-state index contributed by atoms with van der Waals surface area (Å²) in [6.45, 7) is 11.6. The van der Waals surface area contributed by atoms with Crippen LogP contribution in [-0.2, 0) is 11.5 Å². The summed E-state index contributed by atoms with van der Waals surface area (Å²) in [4.78, 5) is 2.76. The van der Waals surface area contributed by atoms with Gasteiger partial charge in [-0.15, -0.1) is 23.5 Å². The van der Waals surface area contributed by atoms with Gasteiger partial charge < -0.3 is 0 Å². The maximum atomic E-state index is 2.48. The second-order valence-electron chi connectivity index (χ2n) is 11.2. The molecule has 40 heavy (non-hydrogen) atoms. The molecule has 0 unspecified atom stereocenters. The van der Waals surface area contributed by atoms with Crippen molar-refractivity contribution in [2.24, 2.45) is 0 Å². The number of hydrogen-bond donors (Lipinski definition) is 0. The summed E-state index contributed by atoms with van der Waals surface area (Å²) in [6.07, 6.45) is 0. The summed E-state index contributed by atoms with van der Waals surface area (Å²) in [5.74, 6) is 1.97. The Hall–Kier alpha value is -3.14. The van der Waals surface area contributed by atoms with E-state index in [-0.39, 0.29) is 6.71 Å². The first kappa shape index (κ1) is 27.1. The van der Waals surface area contributed by atoms with Crippen molar-refractivity contribution < 1.29 is 0 Å². The Balaban J connectivity index is 1.46. The molecule has 0 aliphatic carbocycles. The summed E-state index contributed by atoms with van der Waals surface area (Å²) in [5, 5.41) is 0. The summed E-state index contributed by atoms with van der Waals surface area (Å²) < 4.78 is 0. The van der Waals surface area contributed by atoms with E-state index >= 15 is 0 Å². The van der Waals surface area contributed by atoms with Gasteiger partial charge in [0.2, 0.25) is 6.71 Å². The molecular weight excluding hydrogens is 519 g/mol. The van der Waals surface area contributed by atoms with Gasteiger partial charge in [0, 0.05) is 21.3 Å². The fourth-order valence-electron chi connectivity index (χ4n) is 6.27. The van der Waals surface area contributed by atoms with Gasteiger partial charge in [0.15, 0.2) is 0 Å². The van der Waals surface area contributed by atoms with Gasteiger partial charge in [-0.3, -0.25) is 0 Å². The zero-order chi connectivity index (χ0) is 27.8. The smallest absolute Gasteiger partial charge is 0.121 e. The normalized spacial score (nSPS) is 12.0. The van der Waals surface area contributed by atoms with Gasteiger partial charge in [0.25, 0.3) is 0 Å². The predicted molar refractivity (Wildman–Crippen MR) is 179 cm³/mol. The molecule has 1 aliphatic heterocycles. The van der Waals surface area contributed by atoms with Gasteiger partial charge in [-0.25, -0.2) is 0 Å². The standard InChI is InChI=1S/C37H35BS2/c1-24-16-27(4)37(28(5)17-24)38-33-18-25(2)35(39-22-29-12-8-6-9-13-29)20-31(33)32-21-36(26(3)19-34(32)38)40-23-30-14-10-7-11-15-30/h6-21H,22-23H2,1-5H3. The van der Waals surface area contributed by atoms with Crippen LogP contribution in [0.3, 0.4) is 0 Å². The van der Waals surface area contributed by atoms with E-state index in [0.717, 1.165) is 11.5 Å². The zero-order valence-electron chi connectivity index (χ0n) is 24.0. The highest BCUT2D eigenvalue weighted by molar-refractivity contribution is 7.98. The first-order valence-electron chi connectivity index (χ1n) is 14.1. The van der Waals surface area contributed by atoms with Crippen LogP contribution in [0, 0.1) is 34.6 Å². The largest absolute Gasteiger partial charge is 0.243 e. The Bertz CT molecular complexity index is 1570. The summed E-state index contributed by atoms with van der Waals surface area (Å²) in [6, 6.07) is 36.3. The van der Waals surface area contributed by atoms with Gasteiger partial charge in [-0.05, 0) is 80.1 Å². The molecule has 0 saturated heterocycles. The molecular formula is C37H35BS2. The van der Waals surface area contributed by atoms with Crippen LogP contribution in [-0.4, -0.2) is 6.71 Å². The van der Waals surface area contributed by atoms with Crippen LogP contribution in [0.4, 0.5) is 0 Å². The van der Waals surface area contributed by atoms with Crippen molar-refractivity contribution in [1.82, 2.24) is 0 Å². The second kappa shape index (κ2) is 11.4. The second-order valence-corrected chi connectivity index (χ2v) is 13.2. The van der Waals surface area contributed by atoms with Crippen LogP contribution < -0.4 is 16.4 Å². The molecule has 0 fully saturated rings. The summed E-state index contributed by atoms with van der Waals surface area (Å²) in [7, 11) is 0. The van der Waals surface area contributed by atoms with Crippen LogP contribution in [0.15, 0.2) is 107 Å². The highest BCUT2D eigenvalue weighted by atomic mass is 32.2. The third-order valence-electron chi connectivity index (χ3n) is 8.11. The molecule has 0 bridgehead atoms. The molecule has 6 rings (SSSR count). The monoisotopic (exact) mass is 554 g/mol. The molecule has 5 aromatic carbocycles. The van der Waals surface area contributed by atoms with Crippen molar-refractivity contribution in [3.05, 3.63) is 136 Å². The highest BCUT2D eigenvalue weighted by Crippen LogP contribution is 2.36. The van der Waals surface area contributed by atoms with Crippen molar-refractivity contribution in [3.63, 3.8) is 0 Å². The van der Waals surface area contributed by atoms with Crippen LogP contribution >= 0.6 is 23.5 Å². The third kappa shape index (κ3) is 5.30. The van der Waals surface area contributed by atoms with Crippen LogP contribution in [0.25, 0.3) is 11.1 Å². The number of benzene rings is 5. The van der Waals surface area contributed by atoms with E-state index in [9.17, 15) is 0 Å². The lowest BCUT2D eigenvalue weighted by atomic mass is 9.37. The number of aryl methyl sites for hydroxylation is 5. The predicted octanol–water partition coefficient (Wildman–Crippen LogP) is 8.31. The molecule has 0 N–H and O–H groups in total. The highest BCUT2D eigenvalue weighted by Gasteiger charge is 2.36. The first-order chi connectivity index (χ1) is 19.4. The van der Waals surface area contributed by atoms with Crippen molar-refractivity contribution in [2.75, 3.05) is 0 Å². The van der Waals surface area contributed by atoms with Crippen molar-refractivity contribution in [2.45, 2.75) is 55.9 Å². The first-order valence-corrected chi connectivity index (χ1v) is 16.1. The average Bonchev–Trinajstić information content (AvgIpc) is 3.22. The molecule has 0 radical (unpaired) electrons. The Morgan fingerprint density at radius 3 is 1.35 bits per heavy atom. The molecule has 0 nitrogen and oxygen atoms in total. The fourth-order valence-corrected chi connectivity index (χ4v) is 8.28. The van der Waals surface area contributed by atoms with E-state index in [1.165, 1.54) is 76.3 Å². The van der Waals surface area contributed by atoms with E-state index in [1.807, 2.05) is 23.5 Å². The fraction of sp³-hybridized carbons (Fsp3) is 0.189. The minimum atomic E-state index is 0.268. The molecule has 1 aliphatic rings.